The Balaban J connectivity index is 2.05. The molecular formula is C18H18Cl2O2. The minimum Gasteiger partial charge on any atom is -0.506 e. The lowest BCUT2D eigenvalue weighted by molar-refractivity contribution is 0.383. The normalized spacial score (nSPS) is 21.7. The van der Waals surface area contributed by atoms with Crippen molar-refractivity contribution in [1.82, 2.24) is 0 Å². The molecule has 2 aromatic rings. The Kier molecular flexibility index (Phi) is 4.51. The van der Waals surface area contributed by atoms with Crippen molar-refractivity contribution in [3.05, 3.63) is 57.6 Å². The van der Waals surface area contributed by atoms with Crippen LogP contribution >= 0.6 is 23.2 Å². The number of phenols is 2. The van der Waals surface area contributed by atoms with Gasteiger partial charge >= 0.3 is 0 Å². The first-order chi connectivity index (χ1) is 10.6. The highest BCUT2D eigenvalue weighted by atomic mass is 35.5. The second-order valence-corrected chi connectivity index (χ2v) is 6.61. The van der Waals surface area contributed by atoms with Gasteiger partial charge in [0, 0.05) is 0 Å². The van der Waals surface area contributed by atoms with Crippen LogP contribution in [0.2, 0.25) is 10.0 Å². The molecule has 0 bridgehead atoms. The third-order valence-corrected chi connectivity index (χ3v) is 5.40. The molecule has 0 aromatic heterocycles. The summed E-state index contributed by atoms with van der Waals surface area (Å²) in [5.41, 5.74) is 1.93. The van der Waals surface area contributed by atoms with Crippen LogP contribution in [0.5, 0.6) is 11.5 Å². The van der Waals surface area contributed by atoms with E-state index in [2.05, 4.69) is 0 Å². The lowest BCUT2D eigenvalue weighted by Crippen LogP contribution is -2.17. The first-order valence-electron chi connectivity index (χ1n) is 7.54. The van der Waals surface area contributed by atoms with E-state index in [0.717, 1.165) is 36.8 Å². The van der Waals surface area contributed by atoms with Crippen molar-refractivity contribution in [2.24, 2.45) is 0 Å². The Morgan fingerprint density at radius 1 is 0.727 bits per heavy atom. The van der Waals surface area contributed by atoms with Crippen LogP contribution in [0.4, 0.5) is 0 Å². The molecular weight excluding hydrogens is 319 g/mol. The fourth-order valence-corrected chi connectivity index (χ4v) is 4.05. The number of rotatable bonds is 2. The van der Waals surface area contributed by atoms with Gasteiger partial charge in [-0.3, -0.25) is 0 Å². The van der Waals surface area contributed by atoms with Crippen LogP contribution in [0.15, 0.2) is 36.4 Å². The predicted molar refractivity (Wildman–Crippen MR) is 90.2 cm³/mol. The van der Waals surface area contributed by atoms with Crippen LogP contribution in [0.25, 0.3) is 0 Å². The van der Waals surface area contributed by atoms with Gasteiger partial charge in [-0.2, -0.15) is 0 Å². The maximum atomic E-state index is 9.89. The summed E-state index contributed by atoms with van der Waals surface area (Å²) < 4.78 is 0. The smallest absolute Gasteiger partial charge is 0.134 e. The van der Waals surface area contributed by atoms with Gasteiger partial charge in [0.1, 0.15) is 11.5 Å². The second kappa shape index (κ2) is 6.39. The van der Waals surface area contributed by atoms with E-state index in [-0.39, 0.29) is 23.3 Å². The second-order valence-electron chi connectivity index (χ2n) is 5.86. The van der Waals surface area contributed by atoms with Gasteiger partial charge in [0.05, 0.1) is 10.0 Å². The molecule has 3 rings (SSSR count). The van der Waals surface area contributed by atoms with Crippen molar-refractivity contribution in [2.75, 3.05) is 0 Å². The van der Waals surface area contributed by atoms with Gasteiger partial charge in [0.2, 0.25) is 0 Å². The van der Waals surface area contributed by atoms with Gasteiger partial charge < -0.3 is 10.2 Å². The van der Waals surface area contributed by atoms with Crippen LogP contribution < -0.4 is 0 Å². The predicted octanol–water partition coefficient (Wildman–Crippen LogP) is 5.85. The third kappa shape index (κ3) is 2.78. The van der Waals surface area contributed by atoms with E-state index in [1.54, 1.807) is 12.1 Å². The average Bonchev–Trinajstić information content (AvgIpc) is 2.53. The molecule has 0 aliphatic heterocycles. The summed E-state index contributed by atoms with van der Waals surface area (Å²) in [7, 11) is 0. The fraction of sp³-hybridized carbons (Fsp3) is 0.333. The summed E-state index contributed by atoms with van der Waals surface area (Å²) in [4.78, 5) is 0. The van der Waals surface area contributed by atoms with E-state index in [0.29, 0.717) is 10.0 Å². The van der Waals surface area contributed by atoms with Gasteiger partial charge in [0.25, 0.3) is 0 Å². The average molecular weight is 337 g/mol. The minimum absolute atomic E-state index is 0.116. The maximum absolute atomic E-state index is 9.89. The first kappa shape index (κ1) is 15.5. The van der Waals surface area contributed by atoms with E-state index in [4.69, 9.17) is 23.2 Å². The Morgan fingerprint density at radius 2 is 1.14 bits per heavy atom. The number of aromatic hydroxyl groups is 2. The maximum Gasteiger partial charge on any atom is 0.134 e. The third-order valence-electron chi connectivity index (χ3n) is 4.58. The van der Waals surface area contributed by atoms with Gasteiger partial charge in [-0.15, -0.1) is 0 Å². The van der Waals surface area contributed by atoms with Crippen LogP contribution in [-0.2, 0) is 0 Å². The molecule has 0 saturated heterocycles. The lowest BCUT2D eigenvalue weighted by atomic mass is 9.72. The van der Waals surface area contributed by atoms with E-state index in [9.17, 15) is 10.2 Å². The van der Waals surface area contributed by atoms with Crippen molar-refractivity contribution >= 4 is 23.2 Å². The van der Waals surface area contributed by atoms with E-state index in [1.807, 2.05) is 24.3 Å². The molecule has 0 amide bonds. The Hall–Kier alpha value is -1.38. The summed E-state index contributed by atoms with van der Waals surface area (Å²) >= 11 is 12.6. The summed E-state index contributed by atoms with van der Waals surface area (Å²) in [5.74, 6) is 0.635. The Labute approximate surface area is 140 Å². The fourth-order valence-electron chi connectivity index (χ4n) is 3.52. The van der Waals surface area contributed by atoms with Gasteiger partial charge in [-0.05, 0) is 47.9 Å². The zero-order valence-corrected chi connectivity index (χ0v) is 13.6. The van der Waals surface area contributed by atoms with Gasteiger partial charge in [0.15, 0.2) is 0 Å². The van der Waals surface area contributed by atoms with Gasteiger partial charge in [-0.25, -0.2) is 0 Å². The molecule has 2 nitrogen and oxygen atoms in total. The monoisotopic (exact) mass is 336 g/mol. The molecule has 2 atom stereocenters. The van der Waals surface area contributed by atoms with E-state index < -0.39 is 0 Å². The molecule has 22 heavy (non-hydrogen) atoms. The summed E-state index contributed by atoms with van der Waals surface area (Å²) in [6.07, 6.45) is 4.26. The number of phenolic OH excluding ortho intramolecular Hbond substituents is 2. The van der Waals surface area contributed by atoms with Gasteiger partial charge in [-0.1, -0.05) is 60.3 Å². The highest BCUT2D eigenvalue weighted by Gasteiger charge is 2.31. The van der Waals surface area contributed by atoms with E-state index >= 15 is 0 Å². The van der Waals surface area contributed by atoms with Crippen molar-refractivity contribution < 1.29 is 10.2 Å². The standard InChI is InChI=1S/C18H18Cl2O2/c19-17-13(7-3-9-15(17)21)11-5-1-2-6-12(11)14-8-4-10-16(22)18(14)20/h3-4,7-12,21-22H,1-2,5-6H2. The molecule has 1 saturated carbocycles. The molecule has 0 radical (unpaired) electrons. The highest BCUT2D eigenvalue weighted by molar-refractivity contribution is 6.33. The molecule has 1 aliphatic rings. The summed E-state index contributed by atoms with van der Waals surface area (Å²) in [5, 5.41) is 20.6. The molecule has 116 valence electrons. The SMILES string of the molecule is Oc1cccc(C2CCCCC2c2cccc(O)c2Cl)c1Cl. The molecule has 1 aliphatic carbocycles. The molecule has 0 spiro atoms. The highest BCUT2D eigenvalue weighted by Crippen LogP contribution is 2.49. The number of hydrogen-bond donors (Lipinski definition) is 2. The van der Waals surface area contributed by atoms with Crippen molar-refractivity contribution in [2.45, 2.75) is 37.5 Å². The first-order valence-corrected chi connectivity index (χ1v) is 8.30. The number of benzene rings is 2. The molecule has 2 unspecified atom stereocenters. The van der Waals surface area contributed by atoms with Crippen LogP contribution in [0.3, 0.4) is 0 Å². The van der Waals surface area contributed by atoms with Crippen molar-refractivity contribution in [3.8, 4) is 11.5 Å². The summed E-state index contributed by atoms with van der Waals surface area (Å²) in [6, 6.07) is 10.8. The number of hydrogen-bond acceptors (Lipinski definition) is 2. The number of halogens is 2. The lowest BCUT2D eigenvalue weighted by Gasteiger charge is -2.33. The molecule has 4 heteroatoms. The van der Waals surface area contributed by atoms with Crippen LogP contribution in [-0.4, -0.2) is 10.2 Å². The van der Waals surface area contributed by atoms with Crippen LogP contribution in [0.1, 0.15) is 48.6 Å². The van der Waals surface area contributed by atoms with Crippen LogP contribution in [0, 0.1) is 0 Å². The van der Waals surface area contributed by atoms with E-state index in [1.165, 1.54) is 0 Å². The van der Waals surface area contributed by atoms with Crippen molar-refractivity contribution in [3.63, 3.8) is 0 Å². The molecule has 0 heterocycles. The Bertz CT molecular complexity index is 625. The zero-order valence-electron chi connectivity index (χ0n) is 12.1. The molecule has 2 N–H and O–H groups in total. The topological polar surface area (TPSA) is 40.5 Å². The Morgan fingerprint density at radius 3 is 1.55 bits per heavy atom. The zero-order chi connectivity index (χ0) is 15.7. The quantitative estimate of drug-likeness (QED) is 0.722. The summed E-state index contributed by atoms with van der Waals surface area (Å²) in [6.45, 7) is 0. The largest absolute Gasteiger partial charge is 0.506 e. The minimum atomic E-state index is 0.116. The van der Waals surface area contributed by atoms with Crippen molar-refractivity contribution in [1.29, 1.82) is 0 Å². The molecule has 2 aromatic carbocycles. The molecule has 1 fully saturated rings.